The van der Waals surface area contributed by atoms with Crippen molar-refractivity contribution >= 4 is 81.7 Å². The standard InChI is InChI=1S/C51H32N4/c1-51(2)37-23-10-8-19-36(37)43-38(51)28-42-45-44-33(35-22-12-21-34-32-18-9-11-24-40(32)54(42)48(34)35)20-13-25-41(44)55(49(43)45)50-46(30-15-4-3-5-16-30)53-47-31-17-7-6-14-29(31)26-27-39(47)52-50/h3-28H,1-2H3. The van der Waals surface area contributed by atoms with Crippen LogP contribution in [0.4, 0.5) is 0 Å². The molecule has 0 fully saturated rings. The number of fused-ring (bicyclic) bond motifs is 12. The van der Waals surface area contributed by atoms with Crippen molar-refractivity contribution in [3.8, 4) is 28.2 Å². The third-order valence-corrected chi connectivity index (χ3v) is 12.6. The molecule has 8 aromatic carbocycles. The molecule has 4 aromatic heterocycles. The Balaban J connectivity index is 1.34. The Bertz CT molecular complexity index is 3620. The van der Waals surface area contributed by atoms with Crippen LogP contribution in [0.25, 0.3) is 110 Å². The van der Waals surface area contributed by atoms with Crippen molar-refractivity contribution in [3.05, 3.63) is 169 Å². The quantitative estimate of drug-likeness (QED) is 0.168. The molecule has 0 saturated heterocycles. The molecule has 55 heavy (non-hydrogen) atoms. The fraction of sp³-hybridized carbons (Fsp3) is 0.0588. The van der Waals surface area contributed by atoms with Crippen molar-refractivity contribution in [1.82, 2.24) is 18.9 Å². The topological polar surface area (TPSA) is 35.1 Å². The van der Waals surface area contributed by atoms with Crippen molar-refractivity contribution in [2.45, 2.75) is 19.3 Å². The molecule has 12 aromatic rings. The van der Waals surface area contributed by atoms with E-state index in [2.05, 4.69) is 181 Å². The first-order valence-corrected chi connectivity index (χ1v) is 19.1. The summed E-state index contributed by atoms with van der Waals surface area (Å²) in [4.78, 5) is 11.3. The van der Waals surface area contributed by atoms with E-state index in [-0.39, 0.29) is 5.41 Å². The predicted octanol–water partition coefficient (Wildman–Crippen LogP) is 13.0. The minimum atomic E-state index is -0.231. The summed E-state index contributed by atoms with van der Waals surface area (Å²) in [6.07, 6.45) is 0. The van der Waals surface area contributed by atoms with Gasteiger partial charge in [-0.05, 0) is 51.7 Å². The van der Waals surface area contributed by atoms with Gasteiger partial charge in [0, 0.05) is 48.9 Å². The Morgan fingerprint density at radius 2 is 1.18 bits per heavy atom. The molecule has 0 atom stereocenters. The van der Waals surface area contributed by atoms with Gasteiger partial charge in [0.2, 0.25) is 0 Å². The van der Waals surface area contributed by atoms with Crippen LogP contribution in [0.15, 0.2) is 158 Å². The summed E-state index contributed by atoms with van der Waals surface area (Å²) in [5, 5.41) is 9.78. The van der Waals surface area contributed by atoms with Gasteiger partial charge in [-0.15, -0.1) is 0 Å². The first-order valence-electron chi connectivity index (χ1n) is 19.1. The molecule has 256 valence electrons. The SMILES string of the molecule is CC1(C)c2ccccc2-c2c1cc1c3c4c(cccc4n(-c4nc5ccc6ccccc6c5nc4-c4ccccc4)c23)c2cccc3c4ccccc4n1c23. The zero-order chi connectivity index (χ0) is 36.2. The third kappa shape index (κ3) is 3.57. The third-order valence-electron chi connectivity index (χ3n) is 12.6. The lowest BCUT2D eigenvalue weighted by atomic mass is 9.82. The number of aromatic nitrogens is 4. The van der Waals surface area contributed by atoms with Crippen LogP contribution in [0.2, 0.25) is 0 Å². The van der Waals surface area contributed by atoms with Crippen molar-refractivity contribution in [2.24, 2.45) is 0 Å². The van der Waals surface area contributed by atoms with Crippen LogP contribution >= 0.6 is 0 Å². The summed E-state index contributed by atoms with van der Waals surface area (Å²) in [6.45, 7) is 4.78. The van der Waals surface area contributed by atoms with Gasteiger partial charge in [-0.1, -0.05) is 147 Å². The van der Waals surface area contributed by atoms with Crippen LogP contribution in [0, 0.1) is 0 Å². The molecular weight excluding hydrogens is 669 g/mol. The minimum absolute atomic E-state index is 0.231. The molecule has 4 heterocycles. The van der Waals surface area contributed by atoms with Gasteiger partial charge in [-0.3, -0.25) is 4.57 Å². The number of para-hydroxylation sites is 2. The van der Waals surface area contributed by atoms with Gasteiger partial charge in [-0.25, -0.2) is 9.97 Å². The smallest absolute Gasteiger partial charge is 0.165 e. The molecular formula is C51H32N4. The lowest BCUT2D eigenvalue weighted by molar-refractivity contribution is 0.661. The Kier molecular flexibility index (Phi) is 5.42. The molecule has 0 spiro atoms. The summed E-state index contributed by atoms with van der Waals surface area (Å²) >= 11 is 0. The average Bonchev–Trinajstić information content (AvgIpc) is 3.80. The molecule has 1 aliphatic carbocycles. The summed E-state index contributed by atoms with van der Waals surface area (Å²) in [5.74, 6) is 0.837. The van der Waals surface area contributed by atoms with E-state index in [0.717, 1.165) is 44.4 Å². The molecule has 0 aliphatic heterocycles. The van der Waals surface area contributed by atoms with Gasteiger partial charge in [0.1, 0.15) is 5.69 Å². The number of rotatable bonds is 2. The number of benzene rings is 8. The van der Waals surface area contributed by atoms with E-state index >= 15 is 0 Å². The Labute approximate surface area is 315 Å². The van der Waals surface area contributed by atoms with Crippen LogP contribution in [-0.4, -0.2) is 18.9 Å². The zero-order valence-electron chi connectivity index (χ0n) is 30.3. The Morgan fingerprint density at radius 1 is 0.491 bits per heavy atom. The van der Waals surface area contributed by atoms with Crippen molar-refractivity contribution in [1.29, 1.82) is 0 Å². The highest BCUT2D eigenvalue weighted by atomic mass is 15.1. The molecule has 0 N–H and O–H groups in total. The van der Waals surface area contributed by atoms with Crippen molar-refractivity contribution < 1.29 is 0 Å². The van der Waals surface area contributed by atoms with Crippen LogP contribution < -0.4 is 0 Å². The second kappa shape index (κ2) is 10.1. The molecule has 13 rings (SSSR count). The second-order valence-electron chi connectivity index (χ2n) is 15.7. The fourth-order valence-electron chi connectivity index (χ4n) is 10.2. The van der Waals surface area contributed by atoms with Crippen molar-refractivity contribution in [3.63, 3.8) is 0 Å². The van der Waals surface area contributed by atoms with Gasteiger partial charge in [0.15, 0.2) is 5.82 Å². The summed E-state index contributed by atoms with van der Waals surface area (Å²) in [6, 6.07) is 57.5. The number of hydrogen-bond donors (Lipinski definition) is 0. The van der Waals surface area contributed by atoms with E-state index in [0.29, 0.717) is 0 Å². The van der Waals surface area contributed by atoms with E-state index in [9.17, 15) is 0 Å². The van der Waals surface area contributed by atoms with Gasteiger partial charge >= 0.3 is 0 Å². The first-order chi connectivity index (χ1) is 27.1. The summed E-state index contributed by atoms with van der Waals surface area (Å²) in [7, 11) is 0. The lowest BCUT2D eigenvalue weighted by Crippen LogP contribution is -2.15. The second-order valence-corrected chi connectivity index (χ2v) is 15.7. The van der Waals surface area contributed by atoms with Crippen LogP contribution in [0.5, 0.6) is 0 Å². The molecule has 4 nitrogen and oxygen atoms in total. The monoisotopic (exact) mass is 700 g/mol. The average molecular weight is 701 g/mol. The fourth-order valence-corrected chi connectivity index (χ4v) is 10.2. The largest absolute Gasteiger partial charge is 0.308 e. The summed E-state index contributed by atoms with van der Waals surface area (Å²) in [5.41, 5.74) is 14.7. The molecule has 4 heteroatoms. The molecule has 0 saturated carbocycles. The van der Waals surface area contributed by atoms with E-state index in [4.69, 9.17) is 9.97 Å². The molecule has 0 unspecified atom stereocenters. The molecule has 1 aliphatic rings. The summed E-state index contributed by atoms with van der Waals surface area (Å²) < 4.78 is 5.03. The first kappa shape index (κ1) is 29.4. The number of hydrogen-bond acceptors (Lipinski definition) is 2. The minimum Gasteiger partial charge on any atom is -0.308 e. The van der Waals surface area contributed by atoms with E-state index in [1.165, 1.54) is 76.6 Å². The predicted molar refractivity (Wildman–Crippen MR) is 229 cm³/mol. The van der Waals surface area contributed by atoms with Gasteiger partial charge in [-0.2, -0.15) is 0 Å². The van der Waals surface area contributed by atoms with Crippen LogP contribution in [-0.2, 0) is 5.41 Å². The van der Waals surface area contributed by atoms with Crippen LogP contribution in [0.1, 0.15) is 25.0 Å². The highest BCUT2D eigenvalue weighted by Gasteiger charge is 2.39. The van der Waals surface area contributed by atoms with Crippen molar-refractivity contribution in [2.75, 3.05) is 0 Å². The zero-order valence-corrected chi connectivity index (χ0v) is 30.3. The Hall–Kier alpha value is -7.04. The van der Waals surface area contributed by atoms with E-state index in [1.807, 2.05) is 0 Å². The maximum absolute atomic E-state index is 5.68. The van der Waals surface area contributed by atoms with Gasteiger partial charge in [0.25, 0.3) is 0 Å². The molecule has 0 bridgehead atoms. The highest BCUT2D eigenvalue weighted by Crippen LogP contribution is 2.56. The van der Waals surface area contributed by atoms with Crippen LogP contribution in [0.3, 0.4) is 0 Å². The van der Waals surface area contributed by atoms with E-state index in [1.54, 1.807) is 0 Å². The number of nitrogens with zero attached hydrogens (tertiary/aromatic N) is 4. The van der Waals surface area contributed by atoms with E-state index < -0.39 is 0 Å². The van der Waals surface area contributed by atoms with Gasteiger partial charge in [0.05, 0.1) is 38.6 Å². The maximum atomic E-state index is 5.68. The van der Waals surface area contributed by atoms with Gasteiger partial charge < -0.3 is 4.40 Å². The molecule has 0 amide bonds. The highest BCUT2D eigenvalue weighted by molar-refractivity contribution is 6.33. The lowest BCUT2D eigenvalue weighted by Gasteiger charge is -2.22. The molecule has 0 radical (unpaired) electrons. The Morgan fingerprint density at radius 3 is 2.07 bits per heavy atom. The maximum Gasteiger partial charge on any atom is 0.165 e. The normalized spacial score (nSPS) is 13.8.